The van der Waals surface area contributed by atoms with Crippen molar-refractivity contribution in [3.8, 4) is 0 Å². The minimum Gasteiger partial charge on any atom is -0.371 e. The lowest BCUT2D eigenvalue weighted by Crippen LogP contribution is -2.01. The molecule has 0 aromatic carbocycles. The lowest BCUT2D eigenvalue weighted by Gasteiger charge is -2.02. The molecule has 0 bridgehead atoms. The first-order chi connectivity index (χ1) is 4.79. The molecule has 0 aliphatic carbocycles. The second-order valence-corrected chi connectivity index (χ2v) is 2.28. The summed E-state index contributed by atoms with van der Waals surface area (Å²) in [5, 5.41) is 3.42. The van der Waals surface area contributed by atoms with Crippen molar-refractivity contribution in [3.05, 3.63) is 18.0 Å². The zero-order valence-corrected chi connectivity index (χ0v) is 6.13. The highest BCUT2D eigenvalue weighted by molar-refractivity contribution is 4.88. The first-order valence-electron chi connectivity index (χ1n) is 3.22. The van der Waals surface area contributed by atoms with Gasteiger partial charge in [0.2, 0.25) is 0 Å². The standard InChI is InChI=1S/C7H10NO2/c1-6(2)9-5-7-3-4-8-10-7/h3,6H,5H2,1-2H3. The van der Waals surface area contributed by atoms with E-state index >= 15 is 0 Å². The summed E-state index contributed by atoms with van der Waals surface area (Å²) in [6.07, 6.45) is 2.78. The van der Waals surface area contributed by atoms with Gasteiger partial charge < -0.3 is 9.26 Å². The molecular weight excluding hydrogens is 130 g/mol. The molecule has 3 nitrogen and oxygen atoms in total. The van der Waals surface area contributed by atoms with E-state index in [-0.39, 0.29) is 6.10 Å². The fourth-order valence-electron chi connectivity index (χ4n) is 0.526. The molecule has 55 valence electrons. The van der Waals surface area contributed by atoms with Gasteiger partial charge in [-0.1, -0.05) is 5.16 Å². The molecular formula is C7H10NO2. The maximum atomic E-state index is 5.23. The van der Waals surface area contributed by atoms with E-state index in [1.54, 1.807) is 6.07 Å². The molecule has 0 N–H and O–H groups in total. The molecule has 0 amide bonds. The van der Waals surface area contributed by atoms with Crippen LogP contribution in [0.5, 0.6) is 0 Å². The van der Waals surface area contributed by atoms with Crippen LogP contribution in [-0.2, 0) is 11.3 Å². The molecule has 0 unspecified atom stereocenters. The summed E-state index contributed by atoms with van der Waals surface area (Å²) in [4.78, 5) is 0. The van der Waals surface area contributed by atoms with Crippen LogP contribution in [0.25, 0.3) is 0 Å². The van der Waals surface area contributed by atoms with Gasteiger partial charge >= 0.3 is 0 Å². The van der Waals surface area contributed by atoms with E-state index in [4.69, 9.17) is 9.26 Å². The Bertz CT molecular complexity index is 170. The van der Waals surface area contributed by atoms with Crippen molar-refractivity contribution < 1.29 is 9.26 Å². The SMILES string of the molecule is CC(C)OCc1c[c]no1. The molecule has 1 radical (unpaired) electrons. The van der Waals surface area contributed by atoms with E-state index in [1.165, 1.54) is 0 Å². The Balaban J connectivity index is 2.28. The van der Waals surface area contributed by atoms with Crippen molar-refractivity contribution in [2.45, 2.75) is 26.6 Å². The Labute approximate surface area is 60.0 Å². The Morgan fingerprint density at radius 2 is 2.60 bits per heavy atom. The second kappa shape index (κ2) is 3.37. The number of aromatic nitrogens is 1. The monoisotopic (exact) mass is 140 g/mol. The maximum Gasteiger partial charge on any atom is 0.163 e. The molecule has 3 heteroatoms. The van der Waals surface area contributed by atoms with Crippen molar-refractivity contribution in [2.24, 2.45) is 0 Å². The zero-order chi connectivity index (χ0) is 7.40. The number of nitrogens with zero attached hydrogens (tertiary/aromatic N) is 1. The molecule has 0 aliphatic heterocycles. The van der Waals surface area contributed by atoms with Gasteiger partial charge in [-0.15, -0.1) is 0 Å². The third kappa shape index (κ3) is 2.19. The van der Waals surface area contributed by atoms with Gasteiger partial charge in [0.15, 0.2) is 5.76 Å². The van der Waals surface area contributed by atoms with E-state index in [2.05, 4.69) is 11.4 Å². The zero-order valence-electron chi connectivity index (χ0n) is 6.13. The number of ether oxygens (including phenoxy) is 1. The van der Waals surface area contributed by atoms with Crippen LogP contribution in [0.15, 0.2) is 10.6 Å². The third-order valence-corrected chi connectivity index (χ3v) is 1.00. The fraction of sp³-hybridized carbons (Fsp3) is 0.571. The Morgan fingerprint density at radius 3 is 3.10 bits per heavy atom. The van der Waals surface area contributed by atoms with Crippen LogP contribution in [0.3, 0.4) is 0 Å². The summed E-state index contributed by atoms with van der Waals surface area (Å²) in [7, 11) is 0. The average Bonchev–Trinajstić information content (AvgIpc) is 2.34. The smallest absolute Gasteiger partial charge is 0.163 e. The van der Waals surface area contributed by atoms with E-state index in [1.807, 2.05) is 13.8 Å². The highest BCUT2D eigenvalue weighted by atomic mass is 16.5. The van der Waals surface area contributed by atoms with Gasteiger partial charge in [-0.2, -0.15) is 0 Å². The van der Waals surface area contributed by atoms with E-state index in [9.17, 15) is 0 Å². The van der Waals surface area contributed by atoms with Gasteiger partial charge in [0.1, 0.15) is 12.8 Å². The van der Waals surface area contributed by atoms with Crippen molar-refractivity contribution in [1.82, 2.24) is 5.16 Å². The Kier molecular flexibility index (Phi) is 2.45. The van der Waals surface area contributed by atoms with Gasteiger partial charge in [0.25, 0.3) is 0 Å². The molecule has 1 aromatic rings. The van der Waals surface area contributed by atoms with Crippen LogP contribution in [0, 0.1) is 6.20 Å². The highest BCUT2D eigenvalue weighted by Crippen LogP contribution is 2.00. The Hall–Kier alpha value is -0.830. The summed E-state index contributed by atoms with van der Waals surface area (Å²) < 4.78 is 9.99. The lowest BCUT2D eigenvalue weighted by atomic mass is 10.4. The van der Waals surface area contributed by atoms with Gasteiger partial charge in [0.05, 0.1) is 6.10 Å². The van der Waals surface area contributed by atoms with Gasteiger partial charge in [-0.3, -0.25) is 0 Å². The van der Waals surface area contributed by atoms with E-state index in [0.717, 1.165) is 0 Å². The molecule has 10 heavy (non-hydrogen) atoms. The van der Waals surface area contributed by atoms with Crippen LogP contribution >= 0.6 is 0 Å². The molecule has 1 heterocycles. The first kappa shape index (κ1) is 7.28. The van der Waals surface area contributed by atoms with Crippen LogP contribution in [0.2, 0.25) is 0 Å². The molecule has 0 atom stereocenters. The summed E-state index contributed by atoms with van der Waals surface area (Å²) in [6.45, 7) is 4.42. The fourth-order valence-corrected chi connectivity index (χ4v) is 0.526. The predicted molar refractivity (Wildman–Crippen MR) is 35.3 cm³/mol. The molecule has 1 rings (SSSR count). The summed E-state index contributed by atoms with van der Waals surface area (Å²) in [5.41, 5.74) is 0. The van der Waals surface area contributed by atoms with Crippen LogP contribution in [0.1, 0.15) is 19.6 Å². The quantitative estimate of drug-likeness (QED) is 0.636. The number of hydrogen-bond acceptors (Lipinski definition) is 3. The topological polar surface area (TPSA) is 35.3 Å². The average molecular weight is 140 g/mol. The Morgan fingerprint density at radius 1 is 1.80 bits per heavy atom. The van der Waals surface area contributed by atoms with E-state index in [0.29, 0.717) is 12.4 Å². The minimum absolute atomic E-state index is 0.227. The maximum absolute atomic E-state index is 5.23. The van der Waals surface area contributed by atoms with Crippen molar-refractivity contribution >= 4 is 0 Å². The van der Waals surface area contributed by atoms with Crippen molar-refractivity contribution in [3.63, 3.8) is 0 Å². The second-order valence-electron chi connectivity index (χ2n) is 2.28. The normalized spacial score (nSPS) is 10.7. The largest absolute Gasteiger partial charge is 0.371 e. The van der Waals surface area contributed by atoms with E-state index < -0.39 is 0 Å². The van der Waals surface area contributed by atoms with Crippen molar-refractivity contribution in [1.29, 1.82) is 0 Å². The van der Waals surface area contributed by atoms with Crippen LogP contribution < -0.4 is 0 Å². The van der Waals surface area contributed by atoms with Gasteiger partial charge in [-0.25, -0.2) is 0 Å². The lowest BCUT2D eigenvalue weighted by molar-refractivity contribution is 0.0513. The predicted octanol–water partition coefficient (Wildman–Crippen LogP) is 1.40. The minimum atomic E-state index is 0.227. The molecule has 0 saturated carbocycles. The number of rotatable bonds is 3. The van der Waals surface area contributed by atoms with Crippen LogP contribution in [-0.4, -0.2) is 11.3 Å². The van der Waals surface area contributed by atoms with Gasteiger partial charge in [-0.05, 0) is 13.8 Å². The number of hydrogen-bond donors (Lipinski definition) is 0. The molecule has 1 aromatic heterocycles. The molecule has 0 spiro atoms. The molecule has 0 fully saturated rings. The summed E-state index contributed by atoms with van der Waals surface area (Å²) >= 11 is 0. The summed E-state index contributed by atoms with van der Waals surface area (Å²) in [5.74, 6) is 0.716. The third-order valence-electron chi connectivity index (χ3n) is 1.00. The molecule has 0 saturated heterocycles. The van der Waals surface area contributed by atoms with Crippen molar-refractivity contribution in [2.75, 3.05) is 0 Å². The summed E-state index contributed by atoms with van der Waals surface area (Å²) in [6, 6.07) is 1.67. The highest BCUT2D eigenvalue weighted by Gasteiger charge is 1.98. The van der Waals surface area contributed by atoms with Crippen LogP contribution in [0.4, 0.5) is 0 Å². The molecule has 0 aliphatic rings. The first-order valence-corrected chi connectivity index (χ1v) is 3.22. The van der Waals surface area contributed by atoms with Gasteiger partial charge in [0, 0.05) is 6.07 Å².